The Morgan fingerprint density at radius 3 is 2.68 bits per heavy atom. The third kappa shape index (κ3) is 2.65. The van der Waals surface area contributed by atoms with Crippen LogP contribution in [0.25, 0.3) is 11.5 Å². The number of hydrogen-bond donors (Lipinski definition) is 0. The molecular formula is C19H23N5O. The molecule has 25 heavy (non-hydrogen) atoms. The van der Waals surface area contributed by atoms with Crippen molar-refractivity contribution in [3.8, 4) is 11.5 Å². The van der Waals surface area contributed by atoms with E-state index in [1.807, 2.05) is 25.2 Å². The van der Waals surface area contributed by atoms with Gasteiger partial charge in [0.2, 0.25) is 5.91 Å². The van der Waals surface area contributed by atoms with Crippen LogP contribution in [0.4, 0.5) is 11.5 Å². The SMILES string of the molecule is CCC1C(=O)N(C)c2cnc(-c3ccccn3)nc2N1C1CCCC1. The average Bonchev–Trinajstić information content (AvgIpc) is 3.19. The third-order valence-electron chi connectivity index (χ3n) is 5.31. The lowest BCUT2D eigenvalue weighted by Gasteiger charge is -2.43. The average molecular weight is 337 g/mol. The molecule has 0 spiro atoms. The van der Waals surface area contributed by atoms with Gasteiger partial charge in [-0.15, -0.1) is 0 Å². The number of likely N-dealkylation sites (N-methyl/N-ethyl adjacent to an activating group) is 1. The molecule has 4 rings (SSSR count). The van der Waals surface area contributed by atoms with Crippen molar-refractivity contribution in [2.45, 2.75) is 51.1 Å². The lowest BCUT2D eigenvalue weighted by molar-refractivity contribution is -0.120. The molecule has 0 N–H and O–H groups in total. The van der Waals surface area contributed by atoms with Gasteiger partial charge in [-0.3, -0.25) is 9.78 Å². The van der Waals surface area contributed by atoms with Crippen molar-refractivity contribution in [3.63, 3.8) is 0 Å². The molecule has 0 radical (unpaired) electrons. The van der Waals surface area contributed by atoms with Crippen LogP contribution in [0.5, 0.6) is 0 Å². The molecule has 1 fully saturated rings. The van der Waals surface area contributed by atoms with Crippen LogP contribution in [-0.4, -0.2) is 40.0 Å². The second-order valence-electron chi connectivity index (χ2n) is 6.78. The third-order valence-corrected chi connectivity index (χ3v) is 5.31. The minimum atomic E-state index is -0.146. The van der Waals surface area contributed by atoms with Crippen LogP contribution in [0, 0.1) is 0 Å². The Hall–Kier alpha value is -2.50. The van der Waals surface area contributed by atoms with Crippen molar-refractivity contribution in [2.75, 3.05) is 16.8 Å². The fraction of sp³-hybridized carbons (Fsp3) is 0.474. The zero-order valence-corrected chi connectivity index (χ0v) is 14.7. The van der Waals surface area contributed by atoms with Crippen molar-refractivity contribution in [2.24, 2.45) is 0 Å². The van der Waals surface area contributed by atoms with E-state index in [-0.39, 0.29) is 11.9 Å². The fourth-order valence-corrected chi connectivity index (χ4v) is 4.00. The molecule has 2 aromatic rings. The molecular weight excluding hydrogens is 314 g/mol. The van der Waals surface area contributed by atoms with E-state index in [1.54, 1.807) is 17.3 Å². The first-order chi connectivity index (χ1) is 12.2. The Morgan fingerprint density at radius 1 is 1.20 bits per heavy atom. The summed E-state index contributed by atoms with van der Waals surface area (Å²) in [6.45, 7) is 2.07. The topological polar surface area (TPSA) is 62.2 Å². The Balaban J connectivity index is 1.84. The van der Waals surface area contributed by atoms with Crippen molar-refractivity contribution in [1.82, 2.24) is 15.0 Å². The molecule has 3 heterocycles. The number of carbonyl (C=O) groups is 1. The van der Waals surface area contributed by atoms with Crippen LogP contribution in [-0.2, 0) is 4.79 Å². The van der Waals surface area contributed by atoms with E-state index in [0.29, 0.717) is 11.9 Å². The molecule has 1 saturated carbocycles. The molecule has 1 aliphatic carbocycles. The lowest BCUT2D eigenvalue weighted by Crippen LogP contribution is -2.55. The fourth-order valence-electron chi connectivity index (χ4n) is 4.00. The molecule has 1 amide bonds. The van der Waals surface area contributed by atoms with E-state index in [2.05, 4.69) is 21.8 Å². The van der Waals surface area contributed by atoms with Crippen molar-refractivity contribution >= 4 is 17.4 Å². The maximum absolute atomic E-state index is 12.9. The van der Waals surface area contributed by atoms with Gasteiger partial charge in [-0.25, -0.2) is 9.97 Å². The zero-order valence-electron chi connectivity index (χ0n) is 14.7. The minimum absolute atomic E-state index is 0.135. The van der Waals surface area contributed by atoms with Gasteiger partial charge in [0.25, 0.3) is 0 Å². The first kappa shape index (κ1) is 16.0. The largest absolute Gasteiger partial charge is 0.340 e. The van der Waals surface area contributed by atoms with Crippen LogP contribution in [0.15, 0.2) is 30.6 Å². The Morgan fingerprint density at radius 2 is 2.00 bits per heavy atom. The number of nitrogens with zero attached hydrogens (tertiary/aromatic N) is 5. The van der Waals surface area contributed by atoms with Crippen LogP contribution in [0.3, 0.4) is 0 Å². The Labute approximate surface area is 147 Å². The van der Waals surface area contributed by atoms with Gasteiger partial charge >= 0.3 is 0 Å². The first-order valence-electron chi connectivity index (χ1n) is 9.05. The van der Waals surface area contributed by atoms with Crippen molar-refractivity contribution < 1.29 is 4.79 Å². The number of carbonyl (C=O) groups excluding carboxylic acids is 1. The van der Waals surface area contributed by atoms with Gasteiger partial charge in [0.15, 0.2) is 11.6 Å². The van der Waals surface area contributed by atoms with Gasteiger partial charge in [0, 0.05) is 19.3 Å². The zero-order chi connectivity index (χ0) is 17.4. The second-order valence-corrected chi connectivity index (χ2v) is 6.78. The number of hydrogen-bond acceptors (Lipinski definition) is 5. The molecule has 6 nitrogen and oxygen atoms in total. The van der Waals surface area contributed by atoms with E-state index in [1.165, 1.54) is 12.8 Å². The van der Waals surface area contributed by atoms with Crippen LogP contribution >= 0.6 is 0 Å². The number of anilines is 2. The highest BCUT2D eigenvalue weighted by atomic mass is 16.2. The summed E-state index contributed by atoms with van der Waals surface area (Å²) in [5, 5.41) is 0. The van der Waals surface area contributed by atoms with Gasteiger partial charge in [0.05, 0.1) is 6.20 Å². The summed E-state index contributed by atoms with van der Waals surface area (Å²) in [7, 11) is 1.82. The predicted octanol–water partition coefficient (Wildman–Crippen LogP) is 3.04. The second kappa shape index (κ2) is 6.43. The van der Waals surface area contributed by atoms with Crippen LogP contribution in [0.1, 0.15) is 39.0 Å². The monoisotopic (exact) mass is 337 g/mol. The van der Waals surface area contributed by atoms with Crippen LogP contribution in [0.2, 0.25) is 0 Å². The van der Waals surface area contributed by atoms with Crippen molar-refractivity contribution in [1.29, 1.82) is 0 Å². The number of amides is 1. The minimum Gasteiger partial charge on any atom is -0.340 e. The molecule has 1 atom stereocenters. The Bertz CT molecular complexity index is 773. The van der Waals surface area contributed by atoms with Gasteiger partial charge < -0.3 is 9.80 Å². The molecule has 0 aromatic carbocycles. The summed E-state index contributed by atoms with van der Waals surface area (Å²) in [6.07, 6.45) is 8.97. The summed E-state index contributed by atoms with van der Waals surface area (Å²) in [6, 6.07) is 5.97. The summed E-state index contributed by atoms with van der Waals surface area (Å²) in [5.41, 5.74) is 1.55. The molecule has 2 aromatic heterocycles. The number of fused-ring (bicyclic) bond motifs is 1. The molecule has 6 heteroatoms. The smallest absolute Gasteiger partial charge is 0.249 e. The standard InChI is InChI=1S/C19H23N5O/c1-3-15-19(25)23(2)16-12-21-17(14-10-6-7-11-20-14)22-18(16)24(15)13-8-4-5-9-13/h6-7,10-13,15H,3-5,8-9H2,1-2H3. The highest BCUT2D eigenvalue weighted by molar-refractivity contribution is 6.04. The lowest BCUT2D eigenvalue weighted by atomic mass is 10.0. The van der Waals surface area contributed by atoms with Gasteiger partial charge in [-0.2, -0.15) is 0 Å². The summed E-state index contributed by atoms with van der Waals surface area (Å²) >= 11 is 0. The van der Waals surface area contributed by atoms with Crippen molar-refractivity contribution in [3.05, 3.63) is 30.6 Å². The normalized spacial score (nSPS) is 20.9. The molecule has 0 bridgehead atoms. The highest BCUT2D eigenvalue weighted by Gasteiger charge is 2.41. The van der Waals surface area contributed by atoms with E-state index in [0.717, 1.165) is 36.5 Å². The summed E-state index contributed by atoms with van der Waals surface area (Å²) in [5.74, 6) is 1.62. The quantitative estimate of drug-likeness (QED) is 0.861. The number of rotatable bonds is 3. The van der Waals surface area contributed by atoms with E-state index in [4.69, 9.17) is 4.98 Å². The maximum atomic E-state index is 12.9. The predicted molar refractivity (Wildman–Crippen MR) is 97.5 cm³/mol. The molecule has 2 aliphatic rings. The van der Waals surface area contributed by atoms with E-state index in [9.17, 15) is 4.79 Å². The Kier molecular flexibility index (Phi) is 4.11. The summed E-state index contributed by atoms with van der Waals surface area (Å²) in [4.78, 5) is 30.5. The summed E-state index contributed by atoms with van der Waals surface area (Å²) < 4.78 is 0. The maximum Gasteiger partial charge on any atom is 0.249 e. The molecule has 1 aliphatic heterocycles. The van der Waals surface area contributed by atoms with E-state index < -0.39 is 0 Å². The van der Waals surface area contributed by atoms with Gasteiger partial charge in [-0.1, -0.05) is 25.8 Å². The highest BCUT2D eigenvalue weighted by Crippen LogP contribution is 2.39. The molecule has 0 saturated heterocycles. The van der Waals surface area contributed by atoms with Crippen LogP contribution < -0.4 is 9.80 Å². The van der Waals surface area contributed by atoms with E-state index >= 15 is 0 Å². The molecule has 130 valence electrons. The van der Waals surface area contributed by atoms with Gasteiger partial charge in [0.1, 0.15) is 17.4 Å². The molecule has 1 unspecified atom stereocenters. The number of aromatic nitrogens is 3. The first-order valence-corrected chi connectivity index (χ1v) is 9.05. The van der Waals surface area contributed by atoms with Gasteiger partial charge in [-0.05, 0) is 31.4 Å². The number of pyridine rings is 1.